The van der Waals surface area contributed by atoms with Gasteiger partial charge in [0.1, 0.15) is 13.2 Å². The number of aliphatic hydroxyl groups is 1. The van der Waals surface area contributed by atoms with Crippen LogP contribution in [0.2, 0.25) is 0 Å². The molecule has 0 saturated heterocycles. The maximum Gasteiger partial charge on any atom is 0.407 e. The third-order valence-electron chi connectivity index (χ3n) is 5.72. The van der Waals surface area contributed by atoms with E-state index < -0.39 is 33.4 Å². The van der Waals surface area contributed by atoms with Crippen LogP contribution >= 0.6 is 0 Å². The summed E-state index contributed by atoms with van der Waals surface area (Å²) in [7, 11) is -3.50. The molecule has 0 aliphatic heterocycles. The third kappa shape index (κ3) is 9.84. The largest absolute Gasteiger partial charge is 0.445 e. The Labute approximate surface area is 211 Å². The van der Waals surface area contributed by atoms with Gasteiger partial charge in [0.15, 0.2) is 0 Å². The molecule has 2 aromatic rings. The molecule has 10 nitrogen and oxygen atoms in total. The van der Waals surface area contributed by atoms with Crippen molar-refractivity contribution in [1.82, 2.24) is 10.6 Å². The smallest absolute Gasteiger partial charge is 0.407 e. The summed E-state index contributed by atoms with van der Waals surface area (Å²) >= 11 is 0. The standard InChI is InChI=1S/C13H17NO5S.C12H15NO3/c1-20(16,17)19-10-13(7-8-13)14-12(15)18-9-11-5-3-2-4-6-11;14-9-12(6-7-12)13-11(15)16-8-10-4-2-1-3-5-10/h2-6H,7-10H2,1H3,(H,14,15);1-5,14H,6-9H2,(H,13,15). The van der Waals surface area contributed by atoms with E-state index in [0.29, 0.717) is 12.8 Å². The van der Waals surface area contributed by atoms with Crippen LogP contribution in [0.3, 0.4) is 0 Å². The van der Waals surface area contributed by atoms with E-state index in [-0.39, 0.29) is 26.4 Å². The average molecular weight is 521 g/mol. The van der Waals surface area contributed by atoms with Crippen molar-refractivity contribution in [3.63, 3.8) is 0 Å². The van der Waals surface area contributed by atoms with Gasteiger partial charge < -0.3 is 25.2 Å². The monoisotopic (exact) mass is 520 g/mol. The first-order valence-electron chi connectivity index (χ1n) is 11.6. The zero-order valence-electron chi connectivity index (χ0n) is 20.1. The highest BCUT2D eigenvalue weighted by Gasteiger charge is 2.46. The van der Waals surface area contributed by atoms with Crippen molar-refractivity contribution in [2.45, 2.75) is 50.0 Å². The van der Waals surface area contributed by atoms with E-state index in [1.54, 1.807) is 0 Å². The minimum absolute atomic E-state index is 0.0204. The summed E-state index contributed by atoms with van der Waals surface area (Å²) in [5.41, 5.74) is 0.830. The van der Waals surface area contributed by atoms with Crippen LogP contribution in [0.5, 0.6) is 0 Å². The molecule has 2 saturated carbocycles. The number of amides is 2. The van der Waals surface area contributed by atoms with Gasteiger partial charge in [-0.15, -0.1) is 0 Å². The highest BCUT2D eigenvalue weighted by molar-refractivity contribution is 7.85. The Kier molecular flexibility index (Phi) is 9.30. The summed E-state index contributed by atoms with van der Waals surface area (Å²) in [6.45, 7) is 0.365. The number of benzene rings is 2. The summed E-state index contributed by atoms with van der Waals surface area (Å²) in [6.07, 6.45) is 2.97. The summed E-state index contributed by atoms with van der Waals surface area (Å²) in [6, 6.07) is 18.8. The van der Waals surface area contributed by atoms with Crippen LogP contribution in [-0.4, -0.2) is 56.3 Å². The predicted molar refractivity (Wildman–Crippen MR) is 131 cm³/mol. The lowest BCUT2D eigenvalue weighted by atomic mass is 10.2. The Balaban J connectivity index is 0.000000205. The van der Waals surface area contributed by atoms with Crippen molar-refractivity contribution >= 4 is 22.3 Å². The third-order valence-corrected chi connectivity index (χ3v) is 6.27. The molecule has 0 unspecified atom stereocenters. The van der Waals surface area contributed by atoms with Crippen LogP contribution in [0.25, 0.3) is 0 Å². The van der Waals surface area contributed by atoms with Crippen LogP contribution in [0.15, 0.2) is 60.7 Å². The van der Waals surface area contributed by atoms with Crippen molar-refractivity contribution in [2.75, 3.05) is 19.5 Å². The maximum absolute atomic E-state index is 11.7. The Morgan fingerprint density at radius 3 is 1.58 bits per heavy atom. The molecule has 0 heterocycles. The van der Waals surface area contributed by atoms with E-state index in [1.165, 1.54) is 0 Å². The van der Waals surface area contributed by atoms with Gasteiger partial charge in [0.25, 0.3) is 10.1 Å². The van der Waals surface area contributed by atoms with Crippen molar-refractivity contribution in [3.05, 3.63) is 71.8 Å². The van der Waals surface area contributed by atoms with Gasteiger partial charge in [0.2, 0.25) is 0 Å². The molecule has 0 bridgehead atoms. The van der Waals surface area contributed by atoms with Crippen molar-refractivity contribution in [1.29, 1.82) is 0 Å². The van der Waals surface area contributed by atoms with E-state index >= 15 is 0 Å². The second-order valence-corrected chi connectivity index (χ2v) is 10.7. The number of rotatable bonds is 10. The van der Waals surface area contributed by atoms with E-state index in [4.69, 9.17) is 18.8 Å². The Morgan fingerprint density at radius 2 is 1.22 bits per heavy atom. The number of alkyl carbamates (subject to hydrolysis) is 2. The Morgan fingerprint density at radius 1 is 0.806 bits per heavy atom. The fourth-order valence-corrected chi connectivity index (χ4v) is 3.54. The van der Waals surface area contributed by atoms with Crippen LogP contribution in [-0.2, 0) is 37.0 Å². The minimum atomic E-state index is -3.50. The molecular formula is C25H32N2O8S. The van der Waals surface area contributed by atoms with Crippen LogP contribution in [0.4, 0.5) is 9.59 Å². The highest BCUT2D eigenvalue weighted by Crippen LogP contribution is 2.36. The Bertz CT molecular complexity index is 1100. The number of hydrogen-bond donors (Lipinski definition) is 3. The lowest BCUT2D eigenvalue weighted by molar-refractivity contribution is 0.126. The van der Waals surface area contributed by atoms with Crippen LogP contribution in [0.1, 0.15) is 36.8 Å². The van der Waals surface area contributed by atoms with Gasteiger partial charge in [0, 0.05) is 0 Å². The van der Waals surface area contributed by atoms with Gasteiger partial charge >= 0.3 is 12.2 Å². The van der Waals surface area contributed by atoms with Crippen molar-refractivity contribution < 1.29 is 36.8 Å². The summed E-state index contributed by atoms with van der Waals surface area (Å²) in [4.78, 5) is 23.0. The minimum Gasteiger partial charge on any atom is -0.445 e. The molecule has 0 aromatic heterocycles. The molecule has 4 rings (SSSR count). The molecule has 2 aliphatic carbocycles. The molecule has 36 heavy (non-hydrogen) atoms. The van der Waals surface area contributed by atoms with Gasteiger partial charge in [-0.2, -0.15) is 8.42 Å². The number of aliphatic hydroxyl groups excluding tert-OH is 1. The summed E-state index contributed by atoms with van der Waals surface area (Å²) in [5, 5.41) is 14.4. The van der Waals surface area contributed by atoms with Crippen molar-refractivity contribution in [2.24, 2.45) is 0 Å². The van der Waals surface area contributed by atoms with E-state index in [0.717, 1.165) is 30.2 Å². The quantitative estimate of drug-likeness (QED) is 0.406. The average Bonchev–Trinajstić information content (AvgIpc) is 3.80. The number of ether oxygens (including phenoxy) is 2. The molecule has 0 radical (unpaired) electrons. The molecule has 2 aromatic carbocycles. The summed E-state index contributed by atoms with van der Waals surface area (Å²) < 4.78 is 36.7. The second-order valence-electron chi connectivity index (χ2n) is 9.06. The molecule has 2 fully saturated rings. The number of carbonyl (C=O) groups excluding carboxylic acids is 2. The van der Waals surface area contributed by atoms with Crippen molar-refractivity contribution in [3.8, 4) is 0 Å². The van der Waals surface area contributed by atoms with Gasteiger partial charge in [-0.1, -0.05) is 60.7 Å². The predicted octanol–water partition coefficient (Wildman–Crippen LogP) is 2.86. The normalized spacial score (nSPS) is 16.5. The number of hydrogen-bond acceptors (Lipinski definition) is 8. The van der Waals surface area contributed by atoms with E-state index in [2.05, 4.69) is 10.6 Å². The number of carbonyl (C=O) groups is 2. The van der Waals surface area contributed by atoms with Crippen LogP contribution < -0.4 is 10.6 Å². The SMILES string of the molecule is CS(=O)(=O)OCC1(NC(=O)OCc2ccccc2)CC1.O=C(NC1(CO)CC1)OCc1ccccc1. The van der Waals surface area contributed by atoms with Gasteiger partial charge in [-0.05, 0) is 36.8 Å². The fraction of sp³-hybridized carbons (Fsp3) is 0.440. The lowest BCUT2D eigenvalue weighted by Crippen LogP contribution is -2.41. The highest BCUT2D eigenvalue weighted by atomic mass is 32.2. The molecule has 2 aliphatic rings. The molecule has 0 atom stereocenters. The maximum atomic E-state index is 11.7. The first-order valence-corrected chi connectivity index (χ1v) is 13.4. The van der Waals surface area contributed by atoms with Gasteiger partial charge in [-0.25, -0.2) is 9.59 Å². The molecule has 11 heteroatoms. The molecular weight excluding hydrogens is 488 g/mol. The van der Waals surface area contributed by atoms with E-state index in [9.17, 15) is 18.0 Å². The molecule has 3 N–H and O–H groups in total. The fourth-order valence-electron chi connectivity index (χ4n) is 3.10. The number of nitrogens with one attached hydrogen (secondary N) is 2. The van der Waals surface area contributed by atoms with E-state index in [1.807, 2.05) is 60.7 Å². The molecule has 2 amide bonds. The molecule has 0 spiro atoms. The zero-order valence-corrected chi connectivity index (χ0v) is 21.0. The first-order chi connectivity index (χ1) is 17.1. The topological polar surface area (TPSA) is 140 Å². The van der Waals surface area contributed by atoms with Gasteiger partial charge in [0.05, 0.1) is 30.5 Å². The Hall–Kier alpha value is -3.15. The van der Waals surface area contributed by atoms with Crippen LogP contribution in [0, 0.1) is 0 Å². The second kappa shape index (κ2) is 12.2. The first kappa shape index (κ1) is 27.4. The van der Waals surface area contributed by atoms with Gasteiger partial charge in [-0.3, -0.25) is 4.18 Å². The zero-order chi connectivity index (χ0) is 26.1. The summed E-state index contributed by atoms with van der Waals surface area (Å²) in [5.74, 6) is 0. The lowest BCUT2D eigenvalue weighted by Gasteiger charge is -2.16. The molecule has 196 valence electrons.